The van der Waals surface area contributed by atoms with E-state index in [1.807, 2.05) is 19.1 Å². The Bertz CT molecular complexity index is 1430. The predicted molar refractivity (Wildman–Crippen MR) is 152 cm³/mol. The minimum atomic E-state index is -0.781. The van der Waals surface area contributed by atoms with Crippen LogP contribution in [0, 0.1) is 18.8 Å². The highest BCUT2D eigenvalue weighted by atomic mass is 35.5. The Labute approximate surface area is 233 Å². The number of amidine groups is 1. The molecule has 2 fully saturated rings. The molecule has 2 heterocycles. The average molecular weight is 552 g/mol. The highest BCUT2D eigenvalue weighted by Gasteiger charge is 2.35. The number of carbonyl (C=O) groups excluding carboxylic acids is 2. The summed E-state index contributed by atoms with van der Waals surface area (Å²) in [6, 6.07) is 3.75. The van der Waals surface area contributed by atoms with Gasteiger partial charge in [-0.1, -0.05) is 24.1 Å². The molecule has 0 bridgehead atoms. The summed E-state index contributed by atoms with van der Waals surface area (Å²) in [6.45, 7) is 6.29. The van der Waals surface area contributed by atoms with Gasteiger partial charge in [-0.15, -0.1) is 0 Å². The number of aryl methyl sites for hydroxylation is 1. The number of imidazole rings is 1. The van der Waals surface area contributed by atoms with Crippen molar-refractivity contribution >= 4 is 40.3 Å². The van der Waals surface area contributed by atoms with Gasteiger partial charge in [-0.25, -0.2) is 4.98 Å². The Kier molecular flexibility index (Phi) is 8.63. The number of hydrogen-bond donors (Lipinski definition) is 3. The smallest absolute Gasteiger partial charge is 0.255 e. The Balaban J connectivity index is 1.72. The zero-order valence-corrected chi connectivity index (χ0v) is 23.2. The number of nitrogens with zero attached hydrogens (tertiary/aromatic N) is 4. The number of nitrogens with one attached hydrogen (secondary N) is 1. The first-order valence-electron chi connectivity index (χ1n) is 12.8. The Morgan fingerprint density at radius 1 is 1.36 bits per heavy atom. The van der Waals surface area contributed by atoms with Crippen LogP contribution in [0.5, 0.6) is 0 Å². The van der Waals surface area contributed by atoms with E-state index in [1.54, 1.807) is 12.0 Å². The van der Waals surface area contributed by atoms with E-state index < -0.39 is 5.91 Å². The molecule has 1 saturated carbocycles. The molecule has 206 valence electrons. The molecular formula is C28H34ClN7O3. The zero-order chi connectivity index (χ0) is 28.3. The monoisotopic (exact) mass is 551 g/mol. The van der Waals surface area contributed by atoms with Crippen LogP contribution in [0.25, 0.3) is 11.0 Å². The summed E-state index contributed by atoms with van der Waals surface area (Å²) in [5, 5.41) is 3.75. The van der Waals surface area contributed by atoms with Crippen molar-refractivity contribution in [2.24, 2.45) is 16.5 Å². The van der Waals surface area contributed by atoms with Crippen molar-refractivity contribution in [3.05, 3.63) is 52.5 Å². The number of primary amides is 1. The van der Waals surface area contributed by atoms with Crippen LogP contribution >= 0.6 is 11.6 Å². The number of likely N-dealkylation sites (tertiary alicyclic amines) is 1. The molecule has 1 aromatic heterocycles. The quantitative estimate of drug-likeness (QED) is 0.199. The van der Waals surface area contributed by atoms with Crippen molar-refractivity contribution < 1.29 is 14.3 Å². The highest BCUT2D eigenvalue weighted by molar-refractivity contribution is 6.32. The number of ether oxygens (including phenoxy) is 1. The maximum atomic E-state index is 12.5. The minimum absolute atomic E-state index is 0.0379. The number of halogens is 1. The molecule has 1 aromatic carbocycles. The summed E-state index contributed by atoms with van der Waals surface area (Å²) in [7, 11) is 3.04. The first-order chi connectivity index (χ1) is 18.7. The maximum absolute atomic E-state index is 12.5. The average Bonchev–Trinajstić information content (AvgIpc) is 3.40. The van der Waals surface area contributed by atoms with Gasteiger partial charge in [0.1, 0.15) is 22.9 Å². The third-order valence-corrected chi connectivity index (χ3v) is 7.60. The van der Waals surface area contributed by atoms with Gasteiger partial charge >= 0.3 is 0 Å². The lowest BCUT2D eigenvalue weighted by Gasteiger charge is -2.28. The normalized spacial score (nSPS) is 20.2. The van der Waals surface area contributed by atoms with E-state index in [-0.39, 0.29) is 35.1 Å². The van der Waals surface area contributed by atoms with Gasteiger partial charge in [0.05, 0.1) is 28.7 Å². The largest absolute Gasteiger partial charge is 0.383 e. The van der Waals surface area contributed by atoms with Crippen LogP contribution < -0.4 is 16.8 Å². The van der Waals surface area contributed by atoms with Crippen molar-refractivity contribution in [1.29, 1.82) is 0 Å². The summed E-state index contributed by atoms with van der Waals surface area (Å²) < 4.78 is 7.54. The van der Waals surface area contributed by atoms with E-state index in [9.17, 15) is 9.59 Å². The molecule has 39 heavy (non-hydrogen) atoms. The fourth-order valence-electron chi connectivity index (χ4n) is 5.19. The first-order valence-corrected chi connectivity index (χ1v) is 13.2. The molecule has 10 nitrogen and oxygen atoms in total. The van der Waals surface area contributed by atoms with Gasteiger partial charge in [-0.3, -0.25) is 14.6 Å². The van der Waals surface area contributed by atoms with Gasteiger partial charge in [0, 0.05) is 38.3 Å². The molecule has 2 amide bonds. The van der Waals surface area contributed by atoms with Crippen LogP contribution in [-0.2, 0) is 14.3 Å². The molecule has 4 rings (SSSR count). The molecule has 1 aliphatic heterocycles. The van der Waals surface area contributed by atoms with Crippen LogP contribution in [0.4, 0.5) is 0 Å². The van der Waals surface area contributed by atoms with Crippen LogP contribution in [0.2, 0.25) is 5.02 Å². The summed E-state index contributed by atoms with van der Waals surface area (Å²) in [5.74, 6) is 5.98. The molecule has 1 aliphatic carbocycles. The molecule has 2 atom stereocenters. The second kappa shape index (κ2) is 11.9. The number of methoxy groups -OCH3 is 1. The van der Waals surface area contributed by atoms with Crippen LogP contribution in [0.15, 0.2) is 41.1 Å². The van der Waals surface area contributed by atoms with Crippen LogP contribution in [0.3, 0.4) is 0 Å². The Morgan fingerprint density at radius 3 is 2.69 bits per heavy atom. The molecule has 0 unspecified atom stereocenters. The molecular weight excluding hydrogens is 518 g/mol. The number of hydrogen-bond acceptors (Lipinski definition) is 6. The molecule has 1 saturated heterocycles. The van der Waals surface area contributed by atoms with Crippen molar-refractivity contribution in [3.8, 4) is 11.8 Å². The van der Waals surface area contributed by atoms with Crippen molar-refractivity contribution in [1.82, 2.24) is 19.8 Å². The molecule has 11 heteroatoms. The van der Waals surface area contributed by atoms with Gasteiger partial charge < -0.3 is 31.0 Å². The van der Waals surface area contributed by atoms with Gasteiger partial charge in [0.2, 0.25) is 5.91 Å². The van der Waals surface area contributed by atoms with Gasteiger partial charge in [0.15, 0.2) is 0 Å². The number of carbonyl (C=O) groups is 2. The van der Waals surface area contributed by atoms with E-state index in [4.69, 9.17) is 32.8 Å². The number of aliphatic imine (C=N–C) groups is 1. The number of nitrogens with two attached hydrogens (primary N) is 2. The second-order valence-corrected chi connectivity index (χ2v) is 10.2. The number of rotatable bonds is 8. The fourth-order valence-corrected chi connectivity index (χ4v) is 5.40. The van der Waals surface area contributed by atoms with Crippen LogP contribution in [-0.4, -0.2) is 71.5 Å². The minimum Gasteiger partial charge on any atom is -0.383 e. The number of allylic oxidation sites excluding steroid dienone is 1. The lowest BCUT2D eigenvalue weighted by Crippen LogP contribution is -2.39. The second-order valence-electron chi connectivity index (χ2n) is 9.79. The molecule has 0 radical (unpaired) electrons. The third kappa shape index (κ3) is 5.79. The number of amides is 2. The van der Waals surface area contributed by atoms with Gasteiger partial charge in [0.25, 0.3) is 5.91 Å². The molecule has 2 aliphatic rings. The van der Waals surface area contributed by atoms with E-state index in [0.29, 0.717) is 36.2 Å². The Morgan fingerprint density at radius 2 is 2.10 bits per heavy atom. The first kappa shape index (κ1) is 28.2. The van der Waals surface area contributed by atoms with Crippen molar-refractivity contribution in [2.45, 2.75) is 50.7 Å². The predicted octanol–water partition coefficient (Wildman–Crippen LogP) is 2.19. The topological polar surface area (TPSA) is 141 Å². The summed E-state index contributed by atoms with van der Waals surface area (Å²) in [6.07, 6.45) is 5.29. The maximum Gasteiger partial charge on any atom is 0.255 e. The van der Waals surface area contributed by atoms with Crippen molar-refractivity contribution in [3.63, 3.8) is 0 Å². The van der Waals surface area contributed by atoms with E-state index in [0.717, 1.165) is 29.7 Å². The van der Waals surface area contributed by atoms with Gasteiger partial charge in [-0.05, 0) is 56.7 Å². The van der Waals surface area contributed by atoms with Crippen molar-refractivity contribution in [2.75, 3.05) is 27.3 Å². The highest BCUT2D eigenvalue weighted by Crippen LogP contribution is 2.36. The van der Waals surface area contributed by atoms with E-state index in [1.165, 1.54) is 19.5 Å². The molecule has 5 N–H and O–H groups in total. The SMILES string of the molecule is C=CC(=O)N1C[C@@H](N/C(C#Cc2cc3nc(C)n(C4CCC4)c3cc2Cl)=C(/C(N)=O)C(N)=NC)C[C@@H]1COC. The summed E-state index contributed by atoms with van der Waals surface area (Å²) in [4.78, 5) is 35.2. The van der Waals surface area contributed by atoms with Crippen LogP contribution in [0.1, 0.15) is 43.1 Å². The van der Waals surface area contributed by atoms with Gasteiger partial charge in [-0.2, -0.15) is 0 Å². The summed E-state index contributed by atoms with van der Waals surface area (Å²) >= 11 is 6.67. The Hall–Kier alpha value is -3.81. The standard InChI is InChI=1S/C28H34ClN7O3/c1-5-25(37)35-14-18(12-20(35)15-39-4)34-22(26(28(31)38)27(30)32-3)10-9-17-11-23-24(13-21(17)29)36(16(2)33-23)19-7-6-8-19/h5,11,13,18-20,34H,1,6-8,12,14-15H2,2-4H3,(H2,30,32)(H2,31,38)/b26-22+/t18-,20+/m0/s1. The third-order valence-electron chi connectivity index (χ3n) is 7.29. The fraction of sp³-hybridized carbons (Fsp3) is 0.429. The summed E-state index contributed by atoms with van der Waals surface area (Å²) in [5.41, 5.74) is 14.2. The number of benzene rings is 1. The molecule has 0 spiro atoms. The lowest BCUT2D eigenvalue weighted by molar-refractivity contribution is -0.127. The number of aromatic nitrogens is 2. The number of fused-ring (bicyclic) bond motifs is 1. The lowest BCUT2D eigenvalue weighted by atomic mass is 9.92. The zero-order valence-electron chi connectivity index (χ0n) is 22.5. The van der Waals surface area contributed by atoms with E-state index >= 15 is 0 Å². The van der Waals surface area contributed by atoms with E-state index in [2.05, 4.69) is 33.3 Å². The molecule has 2 aromatic rings.